The number of fused-ring (bicyclic) bond motifs is 1. The van der Waals surface area contributed by atoms with E-state index in [0.717, 1.165) is 22.1 Å². The fraction of sp³-hybridized carbons (Fsp3) is 0.214. The van der Waals surface area contributed by atoms with Gasteiger partial charge in [0.2, 0.25) is 0 Å². The number of nitrogens with two attached hydrogens (primary N) is 1. The van der Waals surface area contributed by atoms with Crippen LogP contribution in [-0.4, -0.2) is 7.11 Å². The molecule has 0 saturated carbocycles. The highest BCUT2D eigenvalue weighted by molar-refractivity contribution is 5.84. The lowest BCUT2D eigenvalue weighted by Crippen LogP contribution is -2.30. The lowest BCUT2D eigenvalue weighted by Gasteiger charge is -2.16. The zero-order valence-electron chi connectivity index (χ0n) is 9.90. The van der Waals surface area contributed by atoms with Crippen molar-refractivity contribution in [2.75, 3.05) is 7.11 Å². The maximum Gasteiger partial charge on any atom is 0.126 e. The van der Waals surface area contributed by atoms with Crippen molar-refractivity contribution in [1.29, 1.82) is 5.26 Å². The predicted octanol–water partition coefficient (Wildman–Crippen LogP) is 2.55. The van der Waals surface area contributed by atoms with Gasteiger partial charge in [-0.25, -0.2) is 0 Å². The molecule has 0 aliphatic heterocycles. The van der Waals surface area contributed by atoms with Crippen LogP contribution in [-0.2, 0) is 5.54 Å². The Kier molecular flexibility index (Phi) is 2.74. The molecule has 0 heterocycles. The number of nitriles is 1. The van der Waals surface area contributed by atoms with Crippen molar-refractivity contribution in [1.82, 2.24) is 0 Å². The quantitative estimate of drug-likeness (QED) is 0.856. The minimum Gasteiger partial charge on any atom is -0.497 e. The third-order valence-electron chi connectivity index (χ3n) is 2.88. The van der Waals surface area contributed by atoms with Gasteiger partial charge < -0.3 is 10.5 Å². The van der Waals surface area contributed by atoms with Gasteiger partial charge in [0.15, 0.2) is 0 Å². The van der Waals surface area contributed by atoms with Crippen LogP contribution in [0.3, 0.4) is 0 Å². The van der Waals surface area contributed by atoms with Crippen LogP contribution in [0.2, 0.25) is 0 Å². The molecule has 0 spiro atoms. The highest BCUT2D eigenvalue weighted by atomic mass is 16.5. The van der Waals surface area contributed by atoms with E-state index in [0.29, 0.717) is 0 Å². The van der Waals surface area contributed by atoms with Crippen molar-refractivity contribution < 1.29 is 4.74 Å². The maximum atomic E-state index is 9.01. The number of rotatable bonds is 2. The van der Waals surface area contributed by atoms with Crippen LogP contribution in [0.5, 0.6) is 5.75 Å². The first-order chi connectivity index (χ1) is 8.06. The highest BCUT2D eigenvalue weighted by Crippen LogP contribution is 2.25. The van der Waals surface area contributed by atoms with Crippen LogP contribution in [0, 0.1) is 11.3 Å². The van der Waals surface area contributed by atoms with E-state index >= 15 is 0 Å². The van der Waals surface area contributed by atoms with E-state index in [1.807, 2.05) is 36.4 Å². The monoisotopic (exact) mass is 226 g/mol. The zero-order valence-corrected chi connectivity index (χ0v) is 9.90. The first kappa shape index (κ1) is 11.4. The molecule has 2 rings (SSSR count). The molecule has 0 aliphatic carbocycles. The third-order valence-corrected chi connectivity index (χ3v) is 2.88. The summed E-state index contributed by atoms with van der Waals surface area (Å²) in [7, 11) is 1.64. The molecule has 0 aromatic heterocycles. The summed E-state index contributed by atoms with van der Waals surface area (Å²) in [4.78, 5) is 0. The number of hydrogen-bond donors (Lipinski definition) is 1. The average Bonchev–Trinajstić information content (AvgIpc) is 2.37. The summed E-state index contributed by atoms with van der Waals surface area (Å²) < 4.78 is 5.16. The normalized spacial score (nSPS) is 14.0. The molecule has 0 bridgehead atoms. The summed E-state index contributed by atoms with van der Waals surface area (Å²) in [6.45, 7) is 1.71. The number of ether oxygens (including phenoxy) is 1. The molecule has 3 nitrogen and oxygen atoms in total. The summed E-state index contributed by atoms with van der Waals surface area (Å²) in [6, 6.07) is 13.7. The summed E-state index contributed by atoms with van der Waals surface area (Å²) in [5.74, 6) is 0.820. The van der Waals surface area contributed by atoms with Gasteiger partial charge in [0.05, 0.1) is 13.2 Å². The number of nitrogens with zero attached hydrogens (tertiary/aromatic N) is 1. The van der Waals surface area contributed by atoms with Crippen molar-refractivity contribution in [3.05, 3.63) is 42.0 Å². The molecule has 1 atom stereocenters. The Bertz CT molecular complexity index is 597. The molecule has 3 heteroatoms. The maximum absolute atomic E-state index is 9.01. The molecule has 2 N–H and O–H groups in total. The standard InChI is InChI=1S/C14H14N2O/c1-14(16,9-15)12-5-3-11-8-13(17-2)6-4-10(11)7-12/h3-8H,16H2,1-2H3. The van der Waals surface area contributed by atoms with Crippen molar-refractivity contribution in [3.8, 4) is 11.8 Å². The van der Waals surface area contributed by atoms with Gasteiger partial charge in [0.1, 0.15) is 11.3 Å². The van der Waals surface area contributed by atoms with E-state index in [2.05, 4.69) is 6.07 Å². The van der Waals surface area contributed by atoms with E-state index in [1.165, 1.54) is 0 Å². The largest absolute Gasteiger partial charge is 0.497 e. The third kappa shape index (κ3) is 2.08. The lowest BCUT2D eigenvalue weighted by molar-refractivity contribution is 0.415. The van der Waals surface area contributed by atoms with Gasteiger partial charge in [-0.05, 0) is 41.5 Å². The number of benzene rings is 2. The van der Waals surface area contributed by atoms with Crippen LogP contribution in [0.1, 0.15) is 12.5 Å². The van der Waals surface area contributed by atoms with Gasteiger partial charge in [-0.2, -0.15) is 5.26 Å². The second-order valence-electron chi connectivity index (χ2n) is 4.24. The summed E-state index contributed by atoms with van der Waals surface area (Å²) in [5.41, 5.74) is 5.77. The van der Waals surface area contributed by atoms with E-state index in [1.54, 1.807) is 14.0 Å². The molecule has 17 heavy (non-hydrogen) atoms. The van der Waals surface area contributed by atoms with Crippen molar-refractivity contribution in [3.63, 3.8) is 0 Å². The average molecular weight is 226 g/mol. The predicted molar refractivity (Wildman–Crippen MR) is 67.7 cm³/mol. The molecule has 0 radical (unpaired) electrons. The van der Waals surface area contributed by atoms with Crippen LogP contribution in [0.15, 0.2) is 36.4 Å². The van der Waals surface area contributed by atoms with E-state index in [4.69, 9.17) is 15.7 Å². The zero-order chi connectivity index (χ0) is 12.5. The van der Waals surface area contributed by atoms with Crippen LogP contribution >= 0.6 is 0 Å². The van der Waals surface area contributed by atoms with E-state index < -0.39 is 5.54 Å². The molecule has 0 fully saturated rings. The Morgan fingerprint density at radius 1 is 1.18 bits per heavy atom. The Hall–Kier alpha value is -2.05. The smallest absolute Gasteiger partial charge is 0.126 e. The van der Waals surface area contributed by atoms with Crippen molar-refractivity contribution >= 4 is 10.8 Å². The second-order valence-corrected chi connectivity index (χ2v) is 4.24. The molecular formula is C14H14N2O. The lowest BCUT2D eigenvalue weighted by atomic mass is 9.93. The highest BCUT2D eigenvalue weighted by Gasteiger charge is 2.20. The van der Waals surface area contributed by atoms with E-state index in [9.17, 15) is 0 Å². The van der Waals surface area contributed by atoms with Gasteiger partial charge in [0, 0.05) is 0 Å². The topological polar surface area (TPSA) is 59.0 Å². The first-order valence-electron chi connectivity index (χ1n) is 5.35. The van der Waals surface area contributed by atoms with Gasteiger partial charge in [0.25, 0.3) is 0 Å². The number of methoxy groups -OCH3 is 1. The van der Waals surface area contributed by atoms with Crippen LogP contribution in [0.4, 0.5) is 0 Å². The fourth-order valence-electron chi connectivity index (χ4n) is 1.74. The second kappa shape index (κ2) is 4.08. The molecule has 2 aromatic rings. The Morgan fingerprint density at radius 2 is 1.82 bits per heavy atom. The molecule has 2 aromatic carbocycles. The molecule has 86 valence electrons. The summed E-state index contributed by atoms with van der Waals surface area (Å²) in [6.07, 6.45) is 0. The van der Waals surface area contributed by atoms with E-state index in [-0.39, 0.29) is 0 Å². The SMILES string of the molecule is COc1ccc2cc(C(C)(N)C#N)ccc2c1. The minimum atomic E-state index is -0.950. The van der Waals surface area contributed by atoms with Crippen LogP contribution < -0.4 is 10.5 Å². The molecule has 0 aliphatic rings. The molecule has 1 unspecified atom stereocenters. The minimum absolute atomic E-state index is 0.817. The van der Waals surface area contributed by atoms with Gasteiger partial charge in [-0.3, -0.25) is 0 Å². The molecular weight excluding hydrogens is 212 g/mol. The Balaban J connectivity index is 2.57. The molecule has 0 saturated heterocycles. The van der Waals surface area contributed by atoms with Crippen molar-refractivity contribution in [2.45, 2.75) is 12.5 Å². The Labute approximate surface area is 100 Å². The van der Waals surface area contributed by atoms with Crippen LogP contribution in [0.25, 0.3) is 10.8 Å². The van der Waals surface area contributed by atoms with Gasteiger partial charge in [-0.15, -0.1) is 0 Å². The summed E-state index contributed by atoms with van der Waals surface area (Å²) >= 11 is 0. The first-order valence-corrected chi connectivity index (χ1v) is 5.35. The Morgan fingerprint density at radius 3 is 2.47 bits per heavy atom. The fourth-order valence-corrected chi connectivity index (χ4v) is 1.74. The summed E-state index contributed by atoms with van der Waals surface area (Å²) in [5, 5.41) is 11.1. The molecule has 0 amide bonds. The number of hydrogen-bond acceptors (Lipinski definition) is 3. The van der Waals surface area contributed by atoms with Gasteiger partial charge in [-0.1, -0.05) is 18.2 Å². The van der Waals surface area contributed by atoms with Crippen molar-refractivity contribution in [2.24, 2.45) is 5.73 Å². The van der Waals surface area contributed by atoms with Gasteiger partial charge >= 0.3 is 0 Å².